The first-order valence-electron chi connectivity index (χ1n) is 5.43. The number of carboxylic acids is 1. The van der Waals surface area contributed by atoms with Crippen molar-refractivity contribution in [2.75, 3.05) is 13.6 Å². The lowest BCUT2D eigenvalue weighted by Crippen LogP contribution is -2.51. The van der Waals surface area contributed by atoms with Crippen LogP contribution in [0, 0.1) is 0 Å². The smallest absolute Gasteiger partial charge is 0.317 e. The third kappa shape index (κ3) is 5.11. The number of aliphatic carboxylic acids is 1. The van der Waals surface area contributed by atoms with Crippen LogP contribution in [0.1, 0.15) is 34.1 Å². The topological polar surface area (TPSA) is 69.6 Å². The third-order valence-electron chi connectivity index (χ3n) is 2.77. The Balaban J connectivity index is 4.33. The fourth-order valence-electron chi connectivity index (χ4n) is 1.08. The van der Waals surface area contributed by atoms with Crippen LogP contribution in [-0.4, -0.2) is 47.1 Å². The first-order chi connectivity index (χ1) is 7.19. The van der Waals surface area contributed by atoms with Gasteiger partial charge in [0.15, 0.2) is 0 Å². The Morgan fingerprint density at radius 1 is 1.44 bits per heavy atom. The largest absolute Gasteiger partial charge is 0.480 e. The lowest BCUT2D eigenvalue weighted by atomic mass is 10.0. The molecule has 0 bridgehead atoms. The number of amides is 1. The molecule has 0 saturated heterocycles. The number of carboxylic acid groups (broad SMARTS) is 1. The highest BCUT2D eigenvalue weighted by molar-refractivity contribution is 5.82. The number of hydrogen-bond acceptors (Lipinski definition) is 3. The molecule has 0 heterocycles. The monoisotopic (exact) mass is 230 g/mol. The molecule has 0 rings (SSSR count). The zero-order valence-corrected chi connectivity index (χ0v) is 10.7. The van der Waals surface area contributed by atoms with Crippen molar-refractivity contribution in [1.82, 2.24) is 10.2 Å². The van der Waals surface area contributed by atoms with E-state index in [1.165, 1.54) is 4.90 Å². The first kappa shape index (κ1) is 14.9. The molecule has 0 aromatic heterocycles. The van der Waals surface area contributed by atoms with Crippen LogP contribution in [0.25, 0.3) is 0 Å². The van der Waals surface area contributed by atoms with E-state index in [0.29, 0.717) is 0 Å². The number of carbonyl (C=O) groups is 2. The molecular formula is C11H22N2O3. The second-order valence-corrected chi connectivity index (χ2v) is 4.71. The van der Waals surface area contributed by atoms with Gasteiger partial charge in [0.05, 0.1) is 12.6 Å². The van der Waals surface area contributed by atoms with E-state index in [9.17, 15) is 9.59 Å². The van der Waals surface area contributed by atoms with Crippen LogP contribution in [0.15, 0.2) is 0 Å². The summed E-state index contributed by atoms with van der Waals surface area (Å²) in [6.45, 7) is 7.43. The zero-order chi connectivity index (χ0) is 12.9. The van der Waals surface area contributed by atoms with E-state index >= 15 is 0 Å². The predicted octanol–water partition coefficient (Wildman–Crippen LogP) is 0.696. The van der Waals surface area contributed by atoms with Gasteiger partial charge in [-0.3, -0.25) is 14.5 Å². The Labute approximate surface area is 96.8 Å². The van der Waals surface area contributed by atoms with Gasteiger partial charge in [-0.15, -0.1) is 0 Å². The Hall–Kier alpha value is -1.10. The molecule has 0 saturated carbocycles. The first-order valence-corrected chi connectivity index (χ1v) is 5.43. The zero-order valence-electron chi connectivity index (χ0n) is 10.7. The van der Waals surface area contributed by atoms with Crippen LogP contribution in [0.3, 0.4) is 0 Å². The number of nitrogens with zero attached hydrogens (tertiary/aromatic N) is 1. The summed E-state index contributed by atoms with van der Waals surface area (Å²) in [4.78, 5) is 23.8. The van der Waals surface area contributed by atoms with Crippen LogP contribution in [-0.2, 0) is 9.59 Å². The normalized spacial score (nSPS) is 13.6. The number of nitrogens with one attached hydrogen (secondary N) is 1. The maximum atomic E-state index is 11.8. The Morgan fingerprint density at radius 2 is 1.94 bits per heavy atom. The van der Waals surface area contributed by atoms with Gasteiger partial charge >= 0.3 is 5.97 Å². The van der Waals surface area contributed by atoms with Gasteiger partial charge in [0, 0.05) is 5.54 Å². The molecule has 5 nitrogen and oxygen atoms in total. The highest BCUT2D eigenvalue weighted by atomic mass is 16.4. The molecule has 1 atom stereocenters. The van der Waals surface area contributed by atoms with Crippen molar-refractivity contribution in [2.45, 2.75) is 45.7 Å². The molecule has 1 unspecified atom stereocenters. The average Bonchev–Trinajstić information content (AvgIpc) is 2.14. The third-order valence-corrected chi connectivity index (χ3v) is 2.77. The van der Waals surface area contributed by atoms with Gasteiger partial charge in [0.1, 0.15) is 0 Å². The van der Waals surface area contributed by atoms with Crippen molar-refractivity contribution >= 4 is 11.9 Å². The summed E-state index contributed by atoms with van der Waals surface area (Å²) in [5, 5.41) is 11.5. The molecule has 0 aromatic carbocycles. The number of rotatable bonds is 6. The minimum absolute atomic E-state index is 0.138. The molecule has 0 aliphatic heterocycles. The molecule has 0 radical (unpaired) electrons. The number of carbonyl (C=O) groups excluding carboxylic acids is 1. The summed E-state index contributed by atoms with van der Waals surface area (Å²) >= 11 is 0. The summed E-state index contributed by atoms with van der Waals surface area (Å²) in [6.07, 6.45) is 0.827. The van der Waals surface area contributed by atoms with Crippen LogP contribution < -0.4 is 5.32 Å². The van der Waals surface area contributed by atoms with Crippen molar-refractivity contribution in [3.8, 4) is 0 Å². The summed E-state index contributed by atoms with van der Waals surface area (Å²) in [7, 11) is 1.62. The number of hydrogen-bond donors (Lipinski definition) is 2. The van der Waals surface area contributed by atoms with Gasteiger partial charge in [-0.25, -0.2) is 0 Å². The Morgan fingerprint density at radius 3 is 2.31 bits per heavy atom. The van der Waals surface area contributed by atoms with Crippen molar-refractivity contribution in [2.24, 2.45) is 0 Å². The van der Waals surface area contributed by atoms with Gasteiger partial charge in [-0.05, 0) is 34.2 Å². The molecule has 0 aromatic rings. The molecule has 0 aliphatic rings. The van der Waals surface area contributed by atoms with Crippen molar-refractivity contribution in [3.63, 3.8) is 0 Å². The van der Waals surface area contributed by atoms with E-state index in [1.54, 1.807) is 14.0 Å². The maximum Gasteiger partial charge on any atom is 0.317 e. The second-order valence-electron chi connectivity index (χ2n) is 4.71. The average molecular weight is 230 g/mol. The fraction of sp³-hybridized carbons (Fsp3) is 0.818. The van der Waals surface area contributed by atoms with Gasteiger partial charge < -0.3 is 10.4 Å². The molecule has 16 heavy (non-hydrogen) atoms. The molecule has 1 amide bonds. The van der Waals surface area contributed by atoms with Gasteiger partial charge in [-0.1, -0.05) is 6.92 Å². The predicted molar refractivity (Wildman–Crippen MR) is 62.2 cm³/mol. The summed E-state index contributed by atoms with van der Waals surface area (Å²) in [5.74, 6) is -1.08. The van der Waals surface area contributed by atoms with Crippen LogP contribution in [0.4, 0.5) is 0 Å². The minimum atomic E-state index is -0.933. The standard InChI is InChI=1S/C11H22N2O3/c1-6-11(3,4)12-10(16)8(2)13(5)7-9(14)15/h8H,6-7H2,1-5H3,(H,12,16)(H,14,15). The summed E-state index contributed by atoms with van der Waals surface area (Å²) in [5.41, 5.74) is -0.255. The van der Waals surface area contributed by atoms with E-state index in [4.69, 9.17) is 5.11 Å². The van der Waals surface area contributed by atoms with Crippen LogP contribution in [0.2, 0.25) is 0 Å². The van der Waals surface area contributed by atoms with E-state index < -0.39 is 12.0 Å². The fourth-order valence-corrected chi connectivity index (χ4v) is 1.08. The molecule has 5 heteroatoms. The molecule has 94 valence electrons. The molecule has 0 fully saturated rings. The van der Waals surface area contributed by atoms with Crippen molar-refractivity contribution in [3.05, 3.63) is 0 Å². The van der Waals surface area contributed by atoms with E-state index in [-0.39, 0.29) is 18.0 Å². The number of likely N-dealkylation sites (N-methyl/N-ethyl adjacent to an activating group) is 1. The lowest BCUT2D eigenvalue weighted by molar-refractivity contribution is -0.139. The Bertz CT molecular complexity index is 264. The quantitative estimate of drug-likeness (QED) is 0.704. The van der Waals surface area contributed by atoms with Gasteiger partial charge in [0.2, 0.25) is 5.91 Å². The van der Waals surface area contributed by atoms with Crippen LogP contribution >= 0.6 is 0 Å². The van der Waals surface area contributed by atoms with E-state index in [0.717, 1.165) is 6.42 Å². The van der Waals surface area contributed by atoms with E-state index in [1.807, 2.05) is 20.8 Å². The molecule has 0 aliphatic carbocycles. The molecule has 0 spiro atoms. The SMILES string of the molecule is CCC(C)(C)NC(=O)C(C)N(C)CC(=O)O. The molecular weight excluding hydrogens is 208 g/mol. The summed E-state index contributed by atoms with van der Waals surface area (Å²) in [6, 6.07) is -0.443. The van der Waals surface area contributed by atoms with Crippen molar-refractivity contribution in [1.29, 1.82) is 0 Å². The van der Waals surface area contributed by atoms with Crippen LogP contribution in [0.5, 0.6) is 0 Å². The molecule has 2 N–H and O–H groups in total. The second kappa shape index (κ2) is 5.84. The maximum absolute atomic E-state index is 11.8. The highest BCUT2D eigenvalue weighted by Crippen LogP contribution is 2.08. The lowest BCUT2D eigenvalue weighted by Gasteiger charge is -2.29. The van der Waals surface area contributed by atoms with Gasteiger partial charge in [0.25, 0.3) is 0 Å². The Kier molecular flexibility index (Phi) is 5.44. The summed E-state index contributed by atoms with van der Waals surface area (Å²) < 4.78 is 0. The highest BCUT2D eigenvalue weighted by Gasteiger charge is 2.24. The van der Waals surface area contributed by atoms with Crippen molar-refractivity contribution < 1.29 is 14.7 Å². The van der Waals surface area contributed by atoms with Gasteiger partial charge in [-0.2, -0.15) is 0 Å². The van der Waals surface area contributed by atoms with E-state index in [2.05, 4.69) is 5.32 Å². The minimum Gasteiger partial charge on any atom is -0.480 e.